The molecule has 1 aromatic rings. The Morgan fingerprint density at radius 1 is 1.05 bits per heavy atom. The Hall–Kier alpha value is -1.12. The van der Waals surface area contributed by atoms with E-state index in [9.17, 15) is 0 Å². The van der Waals surface area contributed by atoms with Gasteiger partial charge < -0.3 is 10.6 Å². The van der Waals surface area contributed by atoms with E-state index in [2.05, 4.69) is 64.4 Å². The van der Waals surface area contributed by atoms with Gasteiger partial charge in [-0.2, -0.15) is 0 Å². The first-order valence-corrected chi connectivity index (χ1v) is 7.64. The number of rotatable bonds is 5. The van der Waals surface area contributed by atoms with E-state index >= 15 is 0 Å². The molecule has 20 heavy (non-hydrogen) atoms. The van der Waals surface area contributed by atoms with Crippen molar-refractivity contribution in [2.45, 2.75) is 40.0 Å². The fraction of sp³-hybridized carbons (Fsp3) is 0.556. The summed E-state index contributed by atoms with van der Waals surface area (Å²) in [5.74, 6) is 0. The van der Waals surface area contributed by atoms with Crippen molar-refractivity contribution in [1.29, 1.82) is 0 Å². The Bertz CT molecular complexity index is 543. The first-order valence-electron chi connectivity index (χ1n) is 7.64. The summed E-state index contributed by atoms with van der Waals surface area (Å²) in [5.41, 5.74) is 8.88. The highest BCUT2D eigenvalue weighted by Gasteiger charge is 2.41. The smallest absolute Gasteiger partial charge is 0.0420 e. The fourth-order valence-corrected chi connectivity index (χ4v) is 3.60. The van der Waals surface area contributed by atoms with Crippen LogP contribution in [-0.4, -0.2) is 26.7 Å². The summed E-state index contributed by atoms with van der Waals surface area (Å²) in [6, 6.07) is 4.61. The third kappa shape index (κ3) is 2.11. The van der Waals surface area contributed by atoms with Crippen LogP contribution in [0.15, 0.2) is 17.7 Å². The van der Waals surface area contributed by atoms with Crippen LogP contribution in [0.1, 0.15) is 43.0 Å². The number of benzene rings is 1. The summed E-state index contributed by atoms with van der Waals surface area (Å²) in [6.45, 7) is 14.2. The molecule has 0 spiro atoms. The van der Waals surface area contributed by atoms with Crippen LogP contribution >= 0.6 is 0 Å². The van der Waals surface area contributed by atoms with Crippen molar-refractivity contribution in [3.8, 4) is 0 Å². The first-order chi connectivity index (χ1) is 9.49. The molecule has 0 fully saturated rings. The Kier molecular flexibility index (Phi) is 4.36. The largest absolute Gasteiger partial charge is 0.318 e. The summed E-state index contributed by atoms with van der Waals surface area (Å²) in [7, 11) is 2.05. The molecule has 0 saturated carbocycles. The van der Waals surface area contributed by atoms with Gasteiger partial charge in [0, 0.05) is 18.5 Å². The summed E-state index contributed by atoms with van der Waals surface area (Å²) in [6.07, 6.45) is 0. The zero-order valence-electron chi connectivity index (χ0n) is 13.8. The lowest BCUT2D eigenvalue weighted by molar-refractivity contribution is 0.449. The molecule has 2 heteroatoms. The Labute approximate surface area is 123 Å². The Morgan fingerprint density at radius 3 is 2.35 bits per heavy atom. The van der Waals surface area contributed by atoms with E-state index in [-0.39, 0.29) is 5.41 Å². The normalized spacial score (nSPS) is 21.5. The third-order valence-corrected chi connectivity index (χ3v) is 5.06. The SMILES string of the molecule is CCNCC1(CNC)C(C)=C(C)c2c1ccc(C)c2C. The molecule has 2 N–H and O–H groups in total. The molecule has 0 bridgehead atoms. The van der Waals surface area contributed by atoms with Crippen LogP contribution in [0.2, 0.25) is 0 Å². The molecule has 0 aromatic heterocycles. The van der Waals surface area contributed by atoms with Crippen molar-refractivity contribution < 1.29 is 0 Å². The van der Waals surface area contributed by atoms with Crippen LogP contribution < -0.4 is 10.6 Å². The molecule has 0 aliphatic heterocycles. The molecular weight excluding hydrogens is 244 g/mol. The molecule has 2 rings (SSSR count). The fourth-order valence-electron chi connectivity index (χ4n) is 3.60. The van der Waals surface area contributed by atoms with Gasteiger partial charge >= 0.3 is 0 Å². The van der Waals surface area contributed by atoms with Gasteiger partial charge in [0.2, 0.25) is 0 Å². The highest BCUT2D eigenvalue weighted by atomic mass is 14.9. The summed E-state index contributed by atoms with van der Waals surface area (Å²) in [4.78, 5) is 0. The molecule has 0 saturated heterocycles. The van der Waals surface area contributed by atoms with Crippen molar-refractivity contribution in [2.24, 2.45) is 0 Å². The molecule has 1 aliphatic carbocycles. The van der Waals surface area contributed by atoms with E-state index in [1.807, 2.05) is 0 Å². The van der Waals surface area contributed by atoms with Gasteiger partial charge in [0.1, 0.15) is 0 Å². The lowest BCUT2D eigenvalue weighted by Crippen LogP contribution is -2.45. The van der Waals surface area contributed by atoms with Crippen molar-refractivity contribution in [3.05, 3.63) is 40.0 Å². The minimum Gasteiger partial charge on any atom is -0.318 e. The highest BCUT2D eigenvalue weighted by molar-refractivity contribution is 5.81. The van der Waals surface area contributed by atoms with E-state index in [4.69, 9.17) is 0 Å². The Balaban J connectivity index is 2.64. The minimum atomic E-state index is 0.0998. The van der Waals surface area contributed by atoms with Gasteiger partial charge in [-0.05, 0) is 69.1 Å². The summed E-state index contributed by atoms with van der Waals surface area (Å²) >= 11 is 0. The number of likely N-dealkylation sites (N-methyl/N-ethyl adjacent to an activating group) is 2. The van der Waals surface area contributed by atoms with Crippen LogP contribution in [0.3, 0.4) is 0 Å². The number of hydrogen-bond acceptors (Lipinski definition) is 2. The van der Waals surface area contributed by atoms with Gasteiger partial charge in [0.15, 0.2) is 0 Å². The lowest BCUT2D eigenvalue weighted by atomic mass is 9.76. The lowest BCUT2D eigenvalue weighted by Gasteiger charge is -2.33. The van der Waals surface area contributed by atoms with Crippen molar-refractivity contribution in [1.82, 2.24) is 10.6 Å². The Morgan fingerprint density at radius 2 is 1.75 bits per heavy atom. The number of nitrogens with one attached hydrogen (secondary N) is 2. The first kappa shape index (κ1) is 15.3. The molecule has 1 aromatic carbocycles. The predicted octanol–water partition coefficient (Wildman–Crippen LogP) is 3.18. The minimum absolute atomic E-state index is 0.0998. The van der Waals surface area contributed by atoms with Gasteiger partial charge in [-0.3, -0.25) is 0 Å². The van der Waals surface area contributed by atoms with E-state index in [0.717, 1.165) is 19.6 Å². The van der Waals surface area contributed by atoms with E-state index in [1.165, 1.54) is 33.4 Å². The van der Waals surface area contributed by atoms with Crippen LogP contribution in [-0.2, 0) is 5.41 Å². The topological polar surface area (TPSA) is 24.1 Å². The molecular formula is C18H28N2. The second kappa shape index (κ2) is 5.71. The monoisotopic (exact) mass is 272 g/mol. The molecule has 1 aliphatic rings. The van der Waals surface area contributed by atoms with E-state index in [1.54, 1.807) is 0 Å². The number of allylic oxidation sites excluding steroid dienone is 1. The third-order valence-electron chi connectivity index (χ3n) is 5.06. The van der Waals surface area contributed by atoms with Crippen LogP contribution in [0, 0.1) is 13.8 Å². The second-order valence-electron chi connectivity index (χ2n) is 6.07. The van der Waals surface area contributed by atoms with Crippen molar-refractivity contribution in [3.63, 3.8) is 0 Å². The summed E-state index contributed by atoms with van der Waals surface area (Å²) < 4.78 is 0. The molecule has 0 heterocycles. The summed E-state index contributed by atoms with van der Waals surface area (Å²) in [5, 5.41) is 6.98. The van der Waals surface area contributed by atoms with Crippen LogP contribution in [0.25, 0.3) is 5.57 Å². The zero-order valence-corrected chi connectivity index (χ0v) is 13.8. The molecule has 110 valence electrons. The number of hydrogen-bond donors (Lipinski definition) is 2. The predicted molar refractivity (Wildman–Crippen MR) is 88.3 cm³/mol. The van der Waals surface area contributed by atoms with Crippen LogP contribution in [0.4, 0.5) is 0 Å². The van der Waals surface area contributed by atoms with Crippen molar-refractivity contribution in [2.75, 3.05) is 26.7 Å². The molecule has 2 nitrogen and oxygen atoms in total. The van der Waals surface area contributed by atoms with Crippen LogP contribution in [0.5, 0.6) is 0 Å². The zero-order chi connectivity index (χ0) is 14.9. The van der Waals surface area contributed by atoms with Crippen molar-refractivity contribution >= 4 is 5.57 Å². The van der Waals surface area contributed by atoms with E-state index in [0.29, 0.717) is 0 Å². The molecule has 0 amide bonds. The molecule has 0 radical (unpaired) electrons. The van der Waals surface area contributed by atoms with Gasteiger partial charge in [-0.25, -0.2) is 0 Å². The maximum atomic E-state index is 3.57. The molecule has 1 unspecified atom stereocenters. The van der Waals surface area contributed by atoms with E-state index < -0.39 is 0 Å². The average molecular weight is 272 g/mol. The van der Waals surface area contributed by atoms with Gasteiger partial charge in [0.25, 0.3) is 0 Å². The van der Waals surface area contributed by atoms with Gasteiger partial charge in [-0.15, -0.1) is 0 Å². The quantitative estimate of drug-likeness (QED) is 0.860. The highest BCUT2D eigenvalue weighted by Crippen LogP contribution is 2.47. The average Bonchev–Trinajstić information content (AvgIpc) is 2.64. The molecule has 1 atom stereocenters. The second-order valence-corrected chi connectivity index (χ2v) is 6.07. The van der Waals surface area contributed by atoms with Gasteiger partial charge in [0.05, 0.1) is 0 Å². The maximum absolute atomic E-state index is 3.57. The number of fused-ring (bicyclic) bond motifs is 1. The standard InChI is InChI=1S/C18H28N2/c1-7-20-11-18(10-19-6)15(5)14(4)17-13(3)12(2)8-9-16(17)18/h8-9,19-20H,7,10-11H2,1-6H3. The number of aryl methyl sites for hydroxylation is 1. The van der Waals surface area contributed by atoms with Gasteiger partial charge in [-0.1, -0.05) is 24.6 Å². The maximum Gasteiger partial charge on any atom is 0.0420 e.